The number of rotatable bonds is 8. The van der Waals surface area contributed by atoms with Gasteiger partial charge < -0.3 is 25.4 Å². The zero-order valence-corrected chi connectivity index (χ0v) is 23.7. The van der Waals surface area contributed by atoms with E-state index in [1.807, 2.05) is 24.9 Å². The van der Waals surface area contributed by atoms with Crippen molar-refractivity contribution in [2.45, 2.75) is 38.7 Å². The van der Waals surface area contributed by atoms with Crippen LogP contribution in [0.25, 0.3) is 0 Å². The summed E-state index contributed by atoms with van der Waals surface area (Å²) in [7, 11) is 1.85. The first-order valence-corrected chi connectivity index (χ1v) is 13.6. The van der Waals surface area contributed by atoms with Crippen molar-refractivity contribution in [3.8, 4) is 5.75 Å². The fourth-order valence-electron chi connectivity index (χ4n) is 4.82. The summed E-state index contributed by atoms with van der Waals surface area (Å²) >= 11 is 0. The number of para-hydroxylation sites is 1. The van der Waals surface area contributed by atoms with E-state index < -0.39 is 23.8 Å². The molecule has 8 nitrogen and oxygen atoms in total. The Hall–Kier alpha value is -4.09. The predicted molar refractivity (Wildman–Crippen MR) is 154 cm³/mol. The van der Waals surface area contributed by atoms with Gasteiger partial charge in [0.05, 0.1) is 23.8 Å². The number of nitrogens with one attached hydrogen (secondary N) is 2. The quantitative estimate of drug-likeness (QED) is 0.316. The molecule has 0 saturated heterocycles. The van der Waals surface area contributed by atoms with Crippen molar-refractivity contribution < 1.29 is 32.6 Å². The Kier molecular flexibility index (Phi) is 9.74. The third kappa shape index (κ3) is 7.80. The van der Waals surface area contributed by atoms with E-state index >= 15 is 0 Å². The number of alkyl halides is 3. The van der Waals surface area contributed by atoms with Gasteiger partial charge >= 0.3 is 12.2 Å². The minimum Gasteiger partial charge on any atom is -0.488 e. The van der Waals surface area contributed by atoms with Gasteiger partial charge in [-0.05, 0) is 62.0 Å². The van der Waals surface area contributed by atoms with Gasteiger partial charge in [-0.3, -0.25) is 9.69 Å². The van der Waals surface area contributed by atoms with E-state index in [-0.39, 0.29) is 30.1 Å². The SMILES string of the molecule is C[C@@H]1CN([C@H](C)CO)C(=O)c2cc(NC(=O)Nc3ccccc3)ccc2O[C@@H]1CN(C)Cc1ccc(C(F)(F)F)cc1. The van der Waals surface area contributed by atoms with Crippen LogP contribution in [0.3, 0.4) is 0 Å². The van der Waals surface area contributed by atoms with Crippen molar-refractivity contribution in [3.05, 3.63) is 89.5 Å². The minimum absolute atomic E-state index is 0.138. The summed E-state index contributed by atoms with van der Waals surface area (Å²) in [6, 6.07) is 17.9. The second kappa shape index (κ2) is 13.3. The topological polar surface area (TPSA) is 94.1 Å². The number of amides is 3. The standard InChI is InChI=1S/C31H35F3N4O4/c1-20-16-38(21(2)19-39)29(40)26-15-25(36-30(41)35-24-7-5-4-6-8-24)13-14-27(26)42-28(20)18-37(3)17-22-9-11-23(12-10-22)31(32,33)34/h4-15,20-21,28,39H,16-19H2,1-3H3,(H2,35,36,41)/t20-,21-,28-/m1/s1. The maximum absolute atomic E-state index is 13.6. The molecule has 3 N–H and O–H groups in total. The number of urea groups is 1. The number of fused-ring (bicyclic) bond motifs is 1. The van der Waals surface area contributed by atoms with E-state index in [2.05, 4.69) is 10.6 Å². The number of hydrogen-bond acceptors (Lipinski definition) is 5. The Morgan fingerprint density at radius 2 is 1.74 bits per heavy atom. The number of hydrogen-bond donors (Lipinski definition) is 3. The summed E-state index contributed by atoms with van der Waals surface area (Å²) in [6.45, 7) is 4.61. The highest BCUT2D eigenvalue weighted by atomic mass is 19.4. The van der Waals surface area contributed by atoms with Gasteiger partial charge in [0.25, 0.3) is 5.91 Å². The summed E-state index contributed by atoms with van der Waals surface area (Å²) < 4.78 is 45.2. The van der Waals surface area contributed by atoms with Crippen LogP contribution >= 0.6 is 0 Å². The van der Waals surface area contributed by atoms with E-state index in [1.165, 1.54) is 12.1 Å². The molecular weight excluding hydrogens is 549 g/mol. The maximum atomic E-state index is 13.6. The van der Waals surface area contributed by atoms with Crippen LogP contribution < -0.4 is 15.4 Å². The number of halogens is 3. The van der Waals surface area contributed by atoms with Crippen LogP contribution in [0.1, 0.15) is 35.3 Å². The number of carbonyl (C=O) groups excluding carboxylic acids is 2. The maximum Gasteiger partial charge on any atom is 0.416 e. The fraction of sp³-hybridized carbons (Fsp3) is 0.355. The Labute approximate surface area is 243 Å². The van der Waals surface area contributed by atoms with E-state index in [9.17, 15) is 27.9 Å². The van der Waals surface area contributed by atoms with Gasteiger partial charge in [-0.25, -0.2) is 4.79 Å². The summed E-state index contributed by atoms with van der Waals surface area (Å²) in [6.07, 6.45) is -4.78. The van der Waals surface area contributed by atoms with Gasteiger partial charge in [-0.2, -0.15) is 13.2 Å². The van der Waals surface area contributed by atoms with Crippen LogP contribution in [0.4, 0.5) is 29.3 Å². The lowest BCUT2D eigenvalue weighted by molar-refractivity contribution is -0.137. The van der Waals surface area contributed by atoms with E-state index in [1.54, 1.807) is 54.3 Å². The highest BCUT2D eigenvalue weighted by Gasteiger charge is 2.34. The molecule has 224 valence electrons. The van der Waals surface area contributed by atoms with Gasteiger partial charge in [0.15, 0.2) is 0 Å². The van der Waals surface area contributed by atoms with Crippen LogP contribution in [0.5, 0.6) is 5.75 Å². The number of nitrogens with zero attached hydrogens (tertiary/aromatic N) is 2. The number of likely N-dealkylation sites (N-methyl/N-ethyl adjacent to an activating group) is 1. The Balaban J connectivity index is 1.53. The summed E-state index contributed by atoms with van der Waals surface area (Å²) in [4.78, 5) is 29.8. The molecule has 3 aromatic rings. The van der Waals surface area contributed by atoms with Crippen LogP contribution in [0, 0.1) is 5.92 Å². The number of anilines is 2. The highest BCUT2D eigenvalue weighted by Crippen LogP contribution is 2.32. The number of benzene rings is 3. The Bertz CT molecular complexity index is 1370. The van der Waals surface area contributed by atoms with Crippen LogP contribution in [0.2, 0.25) is 0 Å². The molecule has 1 aliphatic heterocycles. The van der Waals surface area contributed by atoms with Gasteiger partial charge in [0.1, 0.15) is 11.9 Å². The lowest BCUT2D eigenvalue weighted by Gasteiger charge is -2.38. The predicted octanol–water partition coefficient (Wildman–Crippen LogP) is 5.70. The lowest BCUT2D eigenvalue weighted by atomic mass is 9.99. The normalized spacial score (nSPS) is 18.0. The van der Waals surface area contributed by atoms with Gasteiger partial charge in [-0.1, -0.05) is 37.3 Å². The molecule has 11 heteroatoms. The zero-order valence-electron chi connectivity index (χ0n) is 23.7. The second-order valence-corrected chi connectivity index (χ2v) is 10.7. The highest BCUT2D eigenvalue weighted by molar-refractivity contribution is 6.02. The Morgan fingerprint density at radius 1 is 1.07 bits per heavy atom. The molecule has 3 amide bonds. The lowest BCUT2D eigenvalue weighted by Crippen LogP contribution is -2.49. The summed E-state index contributed by atoms with van der Waals surface area (Å²) in [5.41, 5.74) is 1.27. The molecule has 0 aliphatic carbocycles. The molecule has 0 bridgehead atoms. The third-order valence-electron chi connectivity index (χ3n) is 7.18. The number of carbonyl (C=O) groups is 2. The molecule has 4 rings (SSSR count). The first kappa shape index (κ1) is 30.9. The van der Waals surface area contributed by atoms with Gasteiger partial charge in [0, 0.05) is 36.9 Å². The smallest absolute Gasteiger partial charge is 0.416 e. The average molecular weight is 585 g/mol. The van der Waals surface area contributed by atoms with Crippen LogP contribution in [-0.4, -0.2) is 65.7 Å². The molecule has 1 aliphatic rings. The number of aliphatic hydroxyl groups excluding tert-OH is 1. The molecule has 3 aromatic carbocycles. The molecule has 42 heavy (non-hydrogen) atoms. The molecule has 1 heterocycles. The van der Waals surface area contributed by atoms with E-state index in [0.717, 1.165) is 17.7 Å². The fourth-order valence-corrected chi connectivity index (χ4v) is 4.82. The first-order chi connectivity index (χ1) is 19.9. The van der Waals surface area contributed by atoms with Crippen molar-refractivity contribution in [2.24, 2.45) is 5.92 Å². The van der Waals surface area contributed by atoms with Gasteiger partial charge in [-0.15, -0.1) is 0 Å². The van der Waals surface area contributed by atoms with Crippen molar-refractivity contribution in [1.29, 1.82) is 0 Å². The Morgan fingerprint density at radius 3 is 2.38 bits per heavy atom. The van der Waals surface area contributed by atoms with Crippen molar-refractivity contribution in [2.75, 3.05) is 37.4 Å². The van der Waals surface area contributed by atoms with Crippen LogP contribution in [0.15, 0.2) is 72.8 Å². The molecular formula is C31H35F3N4O4. The van der Waals surface area contributed by atoms with Crippen molar-refractivity contribution in [3.63, 3.8) is 0 Å². The molecule has 0 saturated carbocycles. The first-order valence-electron chi connectivity index (χ1n) is 13.6. The third-order valence-corrected chi connectivity index (χ3v) is 7.18. The second-order valence-electron chi connectivity index (χ2n) is 10.7. The molecule has 0 unspecified atom stereocenters. The van der Waals surface area contributed by atoms with Crippen molar-refractivity contribution in [1.82, 2.24) is 9.80 Å². The van der Waals surface area contributed by atoms with E-state index in [4.69, 9.17) is 4.74 Å². The molecule has 0 fully saturated rings. The largest absolute Gasteiger partial charge is 0.488 e. The molecule has 0 radical (unpaired) electrons. The molecule has 3 atom stereocenters. The molecule has 0 spiro atoms. The summed E-state index contributed by atoms with van der Waals surface area (Å²) in [5, 5.41) is 15.4. The minimum atomic E-state index is -4.39. The zero-order chi connectivity index (χ0) is 30.4. The van der Waals surface area contributed by atoms with Crippen LogP contribution in [-0.2, 0) is 12.7 Å². The summed E-state index contributed by atoms with van der Waals surface area (Å²) in [5.74, 6) is -0.133. The monoisotopic (exact) mass is 584 g/mol. The van der Waals surface area contributed by atoms with E-state index in [0.29, 0.717) is 36.8 Å². The number of aliphatic hydroxyl groups is 1. The number of ether oxygens (including phenoxy) is 1. The molecule has 0 aromatic heterocycles. The van der Waals surface area contributed by atoms with Crippen molar-refractivity contribution >= 4 is 23.3 Å². The van der Waals surface area contributed by atoms with Gasteiger partial charge in [0.2, 0.25) is 0 Å². The average Bonchev–Trinajstić information content (AvgIpc) is 2.95.